The molecule has 0 heterocycles. The molecule has 0 aromatic carbocycles. The molecule has 0 radical (unpaired) electrons. The van der Waals surface area contributed by atoms with Crippen molar-refractivity contribution in [3.63, 3.8) is 0 Å². The summed E-state index contributed by atoms with van der Waals surface area (Å²) in [5.41, 5.74) is 0.361. The monoisotopic (exact) mass is 257 g/mol. The fourth-order valence-corrected chi connectivity index (χ4v) is 2.55. The molecule has 0 fully saturated rings. The third-order valence-corrected chi connectivity index (χ3v) is 3.60. The number of rotatable bonds is 11. The van der Waals surface area contributed by atoms with Crippen LogP contribution in [0.3, 0.4) is 0 Å². The van der Waals surface area contributed by atoms with Gasteiger partial charge in [0.1, 0.15) is 0 Å². The van der Waals surface area contributed by atoms with Crippen LogP contribution in [0.2, 0.25) is 0 Å². The Labute approximate surface area is 115 Å². The summed E-state index contributed by atoms with van der Waals surface area (Å²) in [5, 5.41) is 3.30. The maximum Gasteiger partial charge on any atom is 0.00447 e. The maximum atomic E-state index is 3.30. The van der Waals surface area contributed by atoms with Crippen molar-refractivity contribution < 1.29 is 0 Å². The molecule has 1 N–H and O–H groups in total. The van der Waals surface area contributed by atoms with E-state index in [2.05, 4.69) is 49.7 Å². The Morgan fingerprint density at radius 2 is 1.39 bits per heavy atom. The van der Waals surface area contributed by atoms with Crippen LogP contribution >= 0.6 is 0 Å². The molecule has 3 heteroatoms. The smallest absolute Gasteiger partial charge is 0.00447 e. The van der Waals surface area contributed by atoms with Crippen LogP contribution in [-0.2, 0) is 0 Å². The third-order valence-electron chi connectivity index (χ3n) is 3.60. The summed E-state index contributed by atoms with van der Waals surface area (Å²) in [7, 11) is 2.04. The second kappa shape index (κ2) is 9.76. The highest BCUT2D eigenvalue weighted by Crippen LogP contribution is 2.15. The largest absolute Gasteiger partial charge is 0.319 e. The molecule has 18 heavy (non-hydrogen) atoms. The average Bonchev–Trinajstić information content (AvgIpc) is 2.33. The van der Waals surface area contributed by atoms with Crippen molar-refractivity contribution in [2.24, 2.45) is 5.41 Å². The normalized spacial score (nSPS) is 12.7. The van der Waals surface area contributed by atoms with Crippen molar-refractivity contribution >= 4 is 0 Å². The lowest BCUT2D eigenvalue weighted by atomic mass is 9.92. The zero-order valence-electron chi connectivity index (χ0n) is 13.6. The van der Waals surface area contributed by atoms with Crippen LogP contribution < -0.4 is 5.32 Å². The molecule has 0 aromatic rings. The molecular weight excluding hydrogens is 222 g/mol. The number of nitrogens with zero attached hydrogens (tertiary/aromatic N) is 2. The Kier molecular flexibility index (Phi) is 9.70. The lowest BCUT2D eigenvalue weighted by Crippen LogP contribution is -2.40. The molecule has 0 aliphatic rings. The van der Waals surface area contributed by atoms with E-state index in [-0.39, 0.29) is 0 Å². The topological polar surface area (TPSA) is 18.5 Å². The van der Waals surface area contributed by atoms with Gasteiger partial charge in [0.15, 0.2) is 0 Å². The molecule has 0 unspecified atom stereocenters. The first-order valence-electron chi connectivity index (χ1n) is 7.58. The quantitative estimate of drug-likeness (QED) is 0.613. The number of hydrogen-bond acceptors (Lipinski definition) is 3. The Balaban J connectivity index is 3.96. The molecule has 0 amide bonds. The minimum absolute atomic E-state index is 0.361. The van der Waals surface area contributed by atoms with Crippen molar-refractivity contribution in [1.29, 1.82) is 0 Å². The molecule has 0 aliphatic heterocycles. The Hall–Kier alpha value is -0.120. The van der Waals surface area contributed by atoms with E-state index in [1.807, 2.05) is 7.05 Å². The van der Waals surface area contributed by atoms with Crippen LogP contribution in [0.15, 0.2) is 0 Å². The van der Waals surface area contributed by atoms with E-state index < -0.39 is 0 Å². The second-order valence-corrected chi connectivity index (χ2v) is 5.94. The van der Waals surface area contributed by atoms with Gasteiger partial charge < -0.3 is 15.1 Å². The molecule has 0 bridgehead atoms. The Bertz CT molecular complexity index is 188. The van der Waals surface area contributed by atoms with E-state index in [0.29, 0.717) is 5.41 Å². The molecule has 3 nitrogen and oxygen atoms in total. The standard InChI is InChI=1S/C15H35N3/c1-7-17(8-2)11-10-12-18(9-3)14-15(4,5)13-16-6/h16H,7-14H2,1-6H3. The van der Waals surface area contributed by atoms with Crippen LogP contribution in [0.4, 0.5) is 0 Å². The predicted molar refractivity (Wildman–Crippen MR) is 82.2 cm³/mol. The van der Waals surface area contributed by atoms with E-state index in [1.54, 1.807) is 0 Å². The van der Waals surface area contributed by atoms with Gasteiger partial charge in [0, 0.05) is 13.1 Å². The predicted octanol–water partition coefficient (Wildman–Crippen LogP) is 2.29. The zero-order valence-corrected chi connectivity index (χ0v) is 13.6. The van der Waals surface area contributed by atoms with Crippen molar-refractivity contribution in [1.82, 2.24) is 15.1 Å². The van der Waals surface area contributed by atoms with Gasteiger partial charge in [-0.05, 0) is 51.6 Å². The van der Waals surface area contributed by atoms with Crippen LogP contribution in [-0.4, -0.2) is 62.7 Å². The van der Waals surface area contributed by atoms with Crippen molar-refractivity contribution in [3.05, 3.63) is 0 Å². The highest BCUT2D eigenvalue weighted by Gasteiger charge is 2.20. The first kappa shape index (κ1) is 17.9. The van der Waals surface area contributed by atoms with E-state index in [0.717, 1.165) is 13.1 Å². The Morgan fingerprint density at radius 3 is 1.83 bits per heavy atom. The van der Waals surface area contributed by atoms with E-state index in [1.165, 1.54) is 39.1 Å². The number of hydrogen-bond donors (Lipinski definition) is 1. The molecule has 0 aliphatic carbocycles. The lowest BCUT2D eigenvalue weighted by molar-refractivity contribution is 0.172. The highest BCUT2D eigenvalue weighted by atomic mass is 15.1. The average molecular weight is 257 g/mol. The third kappa shape index (κ3) is 8.06. The van der Waals surface area contributed by atoms with E-state index >= 15 is 0 Å². The molecule has 0 rings (SSSR count). The SMILES string of the molecule is CCN(CC)CCCN(CC)CC(C)(C)CNC. The first-order valence-corrected chi connectivity index (χ1v) is 7.58. The molecule has 0 atom stereocenters. The lowest BCUT2D eigenvalue weighted by Gasteiger charge is -2.32. The van der Waals surface area contributed by atoms with Gasteiger partial charge in [-0.25, -0.2) is 0 Å². The van der Waals surface area contributed by atoms with E-state index in [4.69, 9.17) is 0 Å². The second-order valence-electron chi connectivity index (χ2n) is 5.94. The summed E-state index contributed by atoms with van der Waals surface area (Å²) in [5.74, 6) is 0. The van der Waals surface area contributed by atoms with Crippen molar-refractivity contribution in [2.45, 2.75) is 41.0 Å². The molecule has 0 saturated heterocycles. The van der Waals surface area contributed by atoms with Gasteiger partial charge in [-0.15, -0.1) is 0 Å². The summed E-state index contributed by atoms with van der Waals surface area (Å²) >= 11 is 0. The molecule has 0 aromatic heterocycles. The minimum Gasteiger partial charge on any atom is -0.319 e. The van der Waals surface area contributed by atoms with Crippen molar-refractivity contribution in [3.8, 4) is 0 Å². The summed E-state index contributed by atoms with van der Waals surface area (Å²) < 4.78 is 0. The summed E-state index contributed by atoms with van der Waals surface area (Å²) in [6.45, 7) is 19.7. The summed E-state index contributed by atoms with van der Waals surface area (Å²) in [6.07, 6.45) is 1.28. The maximum absolute atomic E-state index is 3.30. The Morgan fingerprint density at radius 1 is 0.889 bits per heavy atom. The molecule has 0 spiro atoms. The molecular formula is C15H35N3. The van der Waals surface area contributed by atoms with Crippen molar-refractivity contribution in [2.75, 3.05) is 52.9 Å². The summed E-state index contributed by atoms with van der Waals surface area (Å²) in [6, 6.07) is 0. The van der Waals surface area contributed by atoms with Crippen LogP contribution in [0.1, 0.15) is 41.0 Å². The van der Waals surface area contributed by atoms with Gasteiger partial charge in [0.2, 0.25) is 0 Å². The molecule has 110 valence electrons. The molecule has 0 saturated carbocycles. The van der Waals surface area contributed by atoms with Gasteiger partial charge in [0.25, 0.3) is 0 Å². The summed E-state index contributed by atoms with van der Waals surface area (Å²) in [4.78, 5) is 5.09. The highest BCUT2D eigenvalue weighted by molar-refractivity contribution is 4.75. The van der Waals surface area contributed by atoms with Gasteiger partial charge in [-0.3, -0.25) is 0 Å². The fourth-order valence-electron chi connectivity index (χ4n) is 2.55. The fraction of sp³-hybridized carbons (Fsp3) is 1.00. The minimum atomic E-state index is 0.361. The van der Waals surface area contributed by atoms with E-state index in [9.17, 15) is 0 Å². The van der Waals surface area contributed by atoms with Crippen LogP contribution in [0.5, 0.6) is 0 Å². The zero-order chi connectivity index (χ0) is 14.0. The van der Waals surface area contributed by atoms with Crippen LogP contribution in [0.25, 0.3) is 0 Å². The first-order chi connectivity index (χ1) is 8.49. The van der Waals surface area contributed by atoms with Gasteiger partial charge in [-0.1, -0.05) is 34.6 Å². The van der Waals surface area contributed by atoms with Gasteiger partial charge in [-0.2, -0.15) is 0 Å². The number of nitrogens with one attached hydrogen (secondary N) is 1. The van der Waals surface area contributed by atoms with Gasteiger partial charge >= 0.3 is 0 Å². The van der Waals surface area contributed by atoms with Crippen LogP contribution in [0, 0.1) is 5.41 Å². The van der Waals surface area contributed by atoms with Gasteiger partial charge in [0.05, 0.1) is 0 Å².